The number of amides is 2. The van der Waals surface area contributed by atoms with Crippen LogP contribution in [0.2, 0.25) is 5.02 Å². The fraction of sp³-hybridized carbons (Fsp3) is 0.619. The van der Waals surface area contributed by atoms with E-state index in [0.29, 0.717) is 18.9 Å². The van der Waals surface area contributed by atoms with E-state index in [-0.39, 0.29) is 27.9 Å². The molecule has 0 aliphatic carbocycles. The van der Waals surface area contributed by atoms with Gasteiger partial charge in [0.15, 0.2) is 0 Å². The number of carbonyl (C=O) groups excluding carboxylic acids is 2. The van der Waals surface area contributed by atoms with Crippen molar-refractivity contribution in [3.8, 4) is 0 Å². The van der Waals surface area contributed by atoms with Gasteiger partial charge >= 0.3 is 0 Å². The van der Waals surface area contributed by atoms with Gasteiger partial charge in [-0.1, -0.05) is 11.6 Å². The summed E-state index contributed by atoms with van der Waals surface area (Å²) in [6, 6.07) is 3.86. The predicted octanol–water partition coefficient (Wildman–Crippen LogP) is 3.32. The van der Waals surface area contributed by atoms with E-state index >= 15 is 0 Å². The van der Waals surface area contributed by atoms with Crippen molar-refractivity contribution in [3.63, 3.8) is 0 Å². The molecule has 3 rings (SSSR count). The van der Waals surface area contributed by atoms with Crippen LogP contribution in [0.1, 0.15) is 49.9 Å². The molecule has 0 saturated carbocycles. The van der Waals surface area contributed by atoms with Gasteiger partial charge in [-0.05, 0) is 70.3 Å². The van der Waals surface area contributed by atoms with E-state index in [1.54, 1.807) is 0 Å². The van der Waals surface area contributed by atoms with Gasteiger partial charge < -0.3 is 15.1 Å². The first-order valence-electron chi connectivity index (χ1n) is 10.0. The van der Waals surface area contributed by atoms with Crippen molar-refractivity contribution in [1.82, 2.24) is 15.1 Å². The summed E-state index contributed by atoms with van der Waals surface area (Å²) in [7, 11) is 0. The van der Waals surface area contributed by atoms with Crippen LogP contribution in [0, 0.1) is 11.7 Å². The van der Waals surface area contributed by atoms with E-state index < -0.39 is 5.82 Å². The van der Waals surface area contributed by atoms with Crippen molar-refractivity contribution in [3.05, 3.63) is 34.6 Å². The topological polar surface area (TPSA) is 52.7 Å². The van der Waals surface area contributed by atoms with E-state index in [9.17, 15) is 14.0 Å². The van der Waals surface area contributed by atoms with Gasteiger partial charge in [0.2, 0.25) is 5.91 Å². The zero-order valence-corrected chi connectivity index (χ0v) is 17.4. The third-order valence-electron chi connectivity index (χ3n) is 6.01. The standard InChI is InChI=1S/C21H29ClFN3O2/c1-21(2)6-3-19(27)26(21)10-9-25-7-4-15(5-8-25)14-24-20(28)16-11-17(22)13-18(23)12-16/h11-13,15H,3-10,14H2,1-2H3,(H,24,28). The molecule has 0 radical (unpaired) electrons. The first-order chi connectivity index (χ1) is 13.2. The maximum absolute atomic E-state index is 13.4. The second-order valence-corrected chi connectivity index (χ2v) is 8.95. The third kappa shape index (κ3) is 5.23. The largest absolute Gasteiger partial charge is 0.352 e. The van der Waals surface area contributed by atoms with Crippen molar-refractivity contribution in [2.75, 3.05) is 32.7 Å². The summed E-state index contributed by atoms with van der Waals surface area (Å²) in [5.74, 6) is -0.127. The summed E-state index contributed by atoms with van der Waals surface area (Å²) in [6.07, 6.45) is 3.60. The Labute approximate surface area is 171 Å². The van der Waals surface area contributed by atoms with Crippen LogP contribution in [0.3, 0.4) is 0 Å². The van der Waals surface area contributed by atoms with Gasteiger partial charge in [-0.3, -0.25) is 9.59 Å². The van der Waals surface area contributed by atoms with Gasteiger partial charge in [-0.15, -0.1) is 0 Å². The minimum absolute atomic E-state index is 0.0283. The lowest BCUT2D eigenvalue weighted by Crippen LogP contribution is -2.47. The van der Waals surface area contributed by atoms with Gasteiger partial charge in [-0.2, -0.15) is 0 Å². The Morgan fingerprint density at radius 3 is 2.57 bits per heavy atom. The molecule has 28 heavy (non-hydrogen) atoms. The van der Waals surface area contributed by atoms with Crippen LogP contribution in [0.15, 0.2) is 18.2 Å². The molecule has 0 unspecified atom stereocenters. The monoisotopic (exact) mass is 409 g/mol. The van der Waals surface area contributed by atoms with Crippen molar-refractivity contribution >= 4 is 23.4 Å². The molecule has 0 spiro atoms. The molecule has 2 aliphatic rings. The molecule has 2 amide bonds. The summed E-state index contributed by atoms with van der Waals surface area (Å²) in [6.45, 7) is 8.48. The number of piperidine rings is 1. The molecular formula is C21H29ClFN3O2. The third-order valence-corrected chi connectivity index (χ3v) is 6.22. The quantitative estimate of drug-likeness (QED) is 0.784. The molecule has 1 N–H and O–H groups in total. The van der Waals surface area contributed by atoms with Crippen molar-refractivity contribution in [2.45, 2.75) is 45.1 Å². The molecule has 0 atom stereocenters. The first-order valence-corrected chi connectivity index (χ1v) is 10.4. The summed E-state index contributed by atoms with van der Waals surface area (Å²) < 4.78 is 13.4. The van der Waals surface area contributed by atoms with E-state index in [0.717, 1.165) is 45.4 Å². The fourth-order valence-corrected chi connectivity index (χ4v) is 4.35. The summed E-state index contributed by atoms with van der Waals surface area (Å²) >= 11 is 5.81. The number of nitrogens with one attached hydrogen (secondary N) is 1. The number of hydrogen-bond donors (Lipinski definition) is 1. The number of carbonyl (C=O) groups is 2. The highest BCUT2D eigenvalue weighted by Gasteiger charge is 2.37. The molecule has 2 aliphatic heterocycles. The number of nitrogens with zero attached hydrogens (tertiary/aromatic N) is 2. The van der Waals surface area contributed by atoms with Gasteiger partial charge in [0.05, 0.1) is 0 Å². The van der Waals surface area contributed by atoms with Crippen LogP contribution in [0.5, 0.6) is 0 Å². The minimum atomic E-state index is -0.509. The highest BCUT2D eigenvalue weighted by atomic mass is 35.5. The highest BCUT2D eigenvalue weighted by molar-refractivity contribution is 6.31. The second-order valence-electron chi connectivity index (χ2n) is 8.51. The van der Waals surface area contributed by atoms with Crippen LogP contribution in [0.25, 0.3) is 0 Å². The molecule has 2 saturated heterocycles. The lowest BCUT2D eigenvalue weighted by atomic mass is 9.96. The Kier molecular flexibility index (Phi) is 6.61. The van der Waals surface area contributed by atoms with E-state index in [1.165, 1.54) is 18.2 Å². The number of likely N-dealkylation sites (tertiary alicyclic amines) is 2. The smallest absolute Gasteiger partial charge is 0.251 e. The average molecular weight is 410 g/mol. The molecule has 0 aromatic heterocycles. The van der Waals surface area contributed by atoms with Gasteiger partial charge in [0, 0.05) is 42.2 Å². The lowest BCUT2D eigenvalue weighted by Gasteiger charge is -2.36. The maximum Gasteiger partial charge on any atom is 0.251 e. The summed E-state index contributed by atoms with van der Waals surface area (Å²) in [5, 5.41) is 3.12. The van der Waals surface area contributed by atoms with Crippen molar-refractivity contribution in [1.29, 1.82) is 0 Å². The number of benzene rings is 1. The molecule has 2 heterocycles. The molecule has 1 aromatic carbocycles. The minimum Gasteiger partial charge on any atom is -0.352 e. The van der Waals surface area contributed by atoms with E-state index in [2.05, 4.69) is 24.1 Å². The number of halogens is 2. The second kappa shape index (κ2) is 8.78. The van der Waals surface area contributed by atoms with Crippen LogP contribution in [0.4, 0.5) is 4.39 Å². The Morgan fingerprint density at radius 2 is 1.96 bits per heavy atom. The van der Waals surface area contributed by atoms with Crippen LogP contribution >= 0.6 is 11.6 Å². The van der Waals surface area contributed by atoms with Crippen molar-refractivity contribution < 1.29 is 14.0 Å². The Balaban J connectivity index is 1.39. The first kappa shape index (κ1) is 21.1. The number of rotatable bonds is 6. The molecule has 1 aromatic rings. The highest BCUT2D eigenvalue weighted by Crippen LogP contribution is 2.29. The average Bonchev–Trinajstić information content (AvgIpc) is 2.90. The fourth-order valence-electron chi connectivity index (χ4n) is 4.13. The molecular weight excluding hydrogens is 381 g/mol. The van der Waals surface area contributed by atoms with Crippen LogP contribution < -0.4 is 5.32 Å². The molecule has 154 valence electrons. The van der Waals surface area contributed by atoms with Gasteiger partial charge in [-0.25, -0.2) is 4.39 Å². The maximum atomic E-state index is 13.4. The summed E-state index contributed by atoms with van der Waals surface area (Å²) in [5.41, 5.74) is 0.222. The Hall–Kier alpha value is -1.66. The zero-order valence-electron chi connectivity index (χ0n) is 16.6. The van der Waals surface area contributed by atoms with E-state index in [1.807, 2.05) is 4.90 Å². The summed E-state index contributed by atoms with van der Waals surface area (Å²) in [4.78, 5) is 28.7. The lowest BCUT2D eigenvalue weighted by molar-refractivity contribution is -0.130. The Morgan fingerprint density at radius 1 is 1.25 bits per heavy atom. The number of hydrogen-bond acceptors (Lipinski definition) is 3. The van der Waals surface area contributed by atoms with Crippen molar-refractivity contribution in [2.24, 2.45) is 5.92 Å². The van der Waals surface area contributed by atoms with Gasteiger partial charge in [0.1, 0.15) is 5.82 Å². The normalized spacial score (nSPS) is 20.6. The van der Waals surface area contributed by atoms with E-state index in [4.69, 9.17) is 11.6 Å². The molecule has 0 bridgehead atoms. The van der Waals surface area contributed by atoms with Gasteiger partial charge in [0.25, 0.3) is 5.91 Å². The van der Waals surface area contributed by atoms with Crippen LogP contribution in [-0.4, -0.2) is 59.9 Å². The van der Waals surface area contributed by atoms with Crippen LogP contribution in [-0.2, 0) is 4.79 Å². The molecule has 2 fully saturated rings. The SMILES string of the molecule is CC1(C)CCC(=O)N1CCN1CCC(CNC(=O)c2cc(F)cc(Cl)c2)CC1. The molecule has 5 nitrogen and oxygen atoms in total. The zero-order chi connectivity index (χ0) is 20.3. The molecule has 7 heteroatoms. The predicted molar refractivity (Wildman–Crippen MR) is 108 cm³/mol. The Bertz CT molecular complexity index is 712.